The summed E-state index contributed by atoms with van der Waals surface area (Å²) in [5.74, 6) is -0.306. The normalized spacial score (nSPS) is 31.7. The molecule has 146 valence electrons. The summed E-state index contributed by atoms with van der Waals surface area (Å²) in [6, 6.07) is -0.374. The predicted octanol–water partition coefficient (Wildman–Crippen LogP) is 0.879. The number of amides is 3. The van der Waals surface area contributed by atoms with E-state index in [1.54, 1.807) is 14.0 Å². The van der Waals surface area contributed by atoms with E-state index in [2.05, 4.69) is 26.2 Å². The maximum atomic E-state index is 12.8. The minimum absolute atomic E-state index is 0.143. The van der Waals surface area contributed by atoms with Crippen LogP contribution in [-0.2, 0) is 19.0 Å². The van der Waals surface area contributed by atoms with E-state index < -0.39 is 11.7 Å². The number of carbonyl (C=O) groups is 2. The van der Waals surface area contributed by atoms with Crippen LogP contribution in [0.25, 0.3) is 0 Å². The Morgan fingerprint density at radius 2 is 2.15 bits per heavy atom. The number of nitrogens with one attached hydrogen (secondary N) is 1. The van der Waals surface area contributed by atoms with Gasteiger partial charge in [-0.2, -0.15) is 0 Å². The lowest BCUT2D eigenvalue weighted by Crippen LogP contribution is -2.71. The number of urea groups is 1. The molecule has 3 rings (SSSR count). The Kier molecular flexibility index (Phi) is 6.16. The lowest BCUT2D eigenvalue weighted by atomic mass is 9.94. The first kappa shape index (κ1) is 19.5. The van der Waals surface area contributed by atoms with Crippen molar-refractivity contribution in [2.45, 2.75) is 44.2 Å². The Labute approximate surface area is 161 Å². The predicted molar refractivity (Wildman–Crippen MR) is 96.9 cm³/mol. The van der Waals surface area contributed by atoms with Crippen molar-refractivity contribution in [1.82, 2.24) is 15.1 Å². The highest BCUT2D eigenvalue weighted by Gasteiger charge is 2.56. The third-order valence-electron chi connectivity index (χ3n) is 4.83. The highest BCUT2D eigenvalue weighted by molar-refractivity contribution is 9.18. The van der Waals surface area contributed by atoms with Gasteiger partial charge in [0.05, 0.1) is 26.4 Å². The van der Waals surface area contributed by atoms with E-state index in [-0.39, 0.29) is 31.4 Å². The van der Waals surface area contributed by atoms with Crippen molar-refractivity contribution < 1.29 is 23.8 Å². The van der Waals surface area contributed by atoms with Gasteiger partial charge in [-0.05, 0) is 42.1 Å². The fourth-order valence-corrected chi connectivity index (χ4v) is 3.99. The largest absolute Gasteiger partial charge is 0.377 e. The summed E-state index contributed by atoms with van der Waals surface area (Å²) in [6.07, 6.45) is 2.41. The third kappa shape index (κ3) is 3.88. The zero-order valence-electron chi connectivity index (χ0n) is 15.1. The van der Waals surface area contributed by atoms with Crippen molar-refractivity contribution >= 4 is 32.6 Å². The molecule has 9 nitrogen and oxygen atoms in total. The van der Waals surface area contributed by atoms with E-state index in [4.69, 9.17) is 14.2 Å². The summed E-state index contributed by atoms with van der Waals surface area (Å²) in [4.78, 5) is 32.2. The zero-order valence-corrected chi connectivity index (χ0v) is 16.7. The van der Waals surface area contributed by atoms with E-state index in [1.807, 2.05) is 0 Å². The highest BCUT2D eigenvalue weighted by Crippen LogP contribution is 2.31. The standard InChI is InChI=1S/C16H25BrN4O5/c1-16-12(18-14(17)19-16)20(2)15(23)21(13(16)22)6-8-24-9-10-26-11-5-3-4-7-25-11/h11-12H,3-10H2,1-2H3,(H,18,19). The Balaban J connectivity index is 1.43. The molecule has 26 heavy (non-hydrogen) atoms. The Bertz CT molecular complexity index is 583. The Hall–Kier alpha value is -1.23. The molecule has 3 aliphatic rings. The molecule has 0 saturated carbocycles. The van der Waals surface area contributed by atoms with Crippen LogP contribution < -0.4 is 5.32 Å². The maximum Gasteiger partial charge on any atom is 0.328 e. The molecule has 3 unspecified atom stereocenters. The van der Waals surface area contributed by atoms with Crippen LogP contribution in [0.15, 0.2) is 4.99 Å². The number of ether oxygens (including phenoxy) is 3. The molecule has 0 aliphatic carbocycles. The minimum Gasteiger partial charge on any atom is -0.377 e. The third-order valence-corrected chi connectivity index (χ3v) is 5.24. The second-order valence-electron chi connectivity index (χ2n) is 6.75. The van der Waals surface area contributed by atoms with Crippen LogP contribution in [0.2, 0.25) is 0 Å². The van der Waals surface area contributed by atoms with Crippen molar-refractivity contribution in [1.29, 1.82) is 0 Å². The number of aliphatic imine (C=N–C) groups is 1. The van der Waals surface area contributed by atoms with Crippen LogP contribution in [0.3, 0.4) is 0 Å². The van der Waals surface area contributed by atoms with Crippen molar-refractivity contribution in [3.8, 4) is 0 Å². The highest BCUT2D eigenvalue weighted by atomic mass is 79.9. The fourth-order valence-electron chi connectivity index (χ4n) is 3.38. The van der Waals surface area contributed by atoms with Gasteiger partial charge in [0.15, 0.2) is 22.7 Å². The topological polar surface area (TPSA) is 92.7 Å². The Morgan fingerprint density at radius 1 is 1.35 bits per heavy atom. The monoisotopic (exact) mass is 432 g/mol. The van der Waals surface area contributed by atoms with Crippen LogP contribution >= 0.6 is 15.9 Å². The van der Waals surface area contributed by atoms with Gasteiger partial charge in [0.1, 0.15) is 0 Å². The summed E-state index contributed by atoms with van der Waals surface area (Å²) < 4.78 is 17.1. The minimum atomic E-state index is -0.969. The number of amidine groups is 1. The van der Waals surface area contributed by atoms with Crippen LogP contribution in [0.4, 0.5) is 4.79 Å². The molecule has 0 aromatic rings. The molecular formula is C16H25BrN4O5. The molecule has 10 heteroatoms. The quantitative estimate of drug-likeness (QED) is 0.474. The number of hydrogen-bond acceptors (Lipinski definition) is 7. The number of carbonyl (C=O) groups excluding carboxylic acids is 2. The van der Waals surface area contributed by atoms with Gasteiger partial charge in [-0.3, -0.25) is 9.69 Å². The summed E-state index contributed by atoms with van der Waals surface area (Å²) >= 11 is 3.25. The summed E-state index contributed by atoms with van der Waals surface area (Å²) in [5, 5.41) is 3.02. The van der Waals surface area contributed by atoms with E-state index in [0.29, 0.717) is 18.0 Å². The SMILES string of the molecule is CN1C(=O)N(CCOCCOC2CCCCO2)C(=O)C2(C)NC(Br)=NC12. The molecule has 2 fully saturated rings. The number of hydrogen-bond donors (Lipinski definition) is 1. The fraction of sp³-hybridized carbons (Fsp3) is 0.812. The van der Waals surface area contributed by atoms with E-state index in [9.17, 15) is 9.59 Å². The van der Waals surface area contributed by atoms with Gasteiger partial charge in [0.2, 0.25) is 0 Å². The van der Waals surface area contributed by atoms with Crippen LogP contribution in [0.5, 0.6) is 0 Å². The number of nitrogens with zero attached hydrogens (tertiary/aromatic N) is 3. The maximum absolute atomic E-state index is 12.8. The number of rotatable bonds is 7. The van der Waals surface area contributed by atoms with Crippen molar-refractivity contribution in [2.24, 2.45) is 4.99 Å². The van der Waals surface area contributed by atoms with Gasteiger partial charge < -0.3 is 24.4 Å². The van der Waals surface area contributed by atoms with Crippen LogP contribution in [0, 0.1) is 0 Å². The van der Waals surface area contributed by atoms with E-state index >= 15 is 0 Å². The average molecular weight is 433 g/mol. The molecule has 0 aromatic carbocycles. The second kappa shape index (κ2) is 8.20. The summed E-state index contributed by atoms with van der Waals surface area (Å²) in [6.45, 7) is 3.73. The molecule has 3 heterocycles. The number of halogens is 1. The van der Waals surface area contributed by atoms with Gasteiger partial charge in [0, 0.05) is 13.7 Å². The van der Waals surface area contributed by atoms with Gasteiger partial charge in [-0.1, -0.05) is 0 Å². The summed E-state index contributed by atoms with van der Waals surface area (Å²) in [7, 11) is 1.64. The van der Waals surface area contributed by atoms with Gasteiger partial charge in [0.25, 0.3) is 5.91 Å². The van der Waals surface area contributed by atoms with Crippen LogP contribution in [0.1, 0.15) is 26.2 Å². The molecule has 0 aromatic heterocycles. The molecule has 0 radical (unpaired) electrons. The number of fused-ring (bicyclic) bond motifs is 1. The van der Waals surface area contributed by atoms with Crippen LogP contribution in [-0.4, -0.2) is 84.5 Å². The smallest absolute Gasteiger partial charge is 0.328 e. The molecule has 2 saturated heterocycles. The average Bonchev–Trinajstić information content (AvgIpc) is 2.95. The first-order valence-corrected chi connectivity index (χ1v) is 9.64. The molecule has 3 amide bonds. The molecule has 3 atom stereocenters. The second-order valence-corrected chi connectivity index (χ2v) is 7.50. The molecule has 3 aliphatic heterocycles. The lowest BCUT2D eigenvalue weighted by molar-refractivity contribution is -0.169. The van der Waals surface area contributed by atoms with Crippen molar-refractivity contribution in [3.63, 3.8) is 0 Å². The lowest BCUT2D eigenvalue weighted by Gasteiger charge is -2.44. The first-order chi connectivity index (χ1) is 12.4. The van der Waals surface area contributed by atoms with Gasteiger partial charge in [-0.15, -0.1) is 0 Å². The first-order valence-electron chi connectivity index (χ1n) is 8.84. The Morgan fingerprint density at radius 3 is 2.88 bits per heavy atom. The van der Waals surface area contributed by atoms with Gasteiger partial charge >= 0.3 is 6.03 Å². The molecule has 0 bridgehead atoms. The number of imide groups is 1. The van der Waals surface area contributed by atoms with Gasteiger partial charge in [-0.25, -0.2) is 9.79 Å². The molecular weight excluding hydrogens is 408 g/mol. The van der Waals surface area contributed by atoms with E-state index in [1.165, 1.54) is 9.80 Å². The number of likely N-dealkylation sites (N-methyl/N-ethyl adjacent to an activating group) is 1. The molecule has 0 spiro atoms. The summed E-state index contributed by atoms with van der Waals surface area (Å²) in [5.41, 5.74) is -0.969. The van der Waals surface area contributed by atoms with Crippen molar-refractivity contribution in [2.75, 3.05) is 40.0 Å². The van der Waals surface area contributed by atoms with E-state index in [0.717, 1.165) is 25.9 Å². The zero-order chi connectivity index (χ0) is 18.7. The molecule has 1 N–H and O–H groups in total. The van der Waals surface area contributed by atoms with Crippen molar-refractivity contribution in [3.05, 3.63) is 0 Å².